The van der Waals surface area contributed by atoms with Crippen LogP contribution in [0.3, 0.4) is 0 Å². The van der Waals surface area contributed by atoms with Crippen LogP contribution >= 0.6 is 0 Å². The number of rotatable bonds is 7. The van der Waals surface area contributed by atoms with Gasteiger partial charge in [-0.1, -0.05) is 0 Å². The van der Waals surface area contributed by atoms with E-state index in [2.05, 4.69) is 33.4 Å². The van der Waals surface area contributed by atoms with Crippen molar-refractivity contribution in [1.29, 1.82) is 0 Å². The van der Waals surface area contributed by atoms with E-state index in [9.17, 15) is 8.42 Å². The second-order valence-electron chi connectivity index (χ2n) is 4.66. The molecule has 6 nitrogen and oxygen atoms in total. The molecular weight excluding hydrogens is 252 g/mol. The van der Waals surface area contributed by atoms with Gasteiger partial charge in [0.05, 0.1) is 6.20 Å². The molecule has 0 atom stereocenters. The van der Waals surface area contributed by atoms with Crippen molar-refractivity contribution in [2.24, 2.45) is 0 Å². The van der Waals surface area contributed by atoms with E-state index in [1.165, 1.54) is 6.20 Å². The van der Waals surface area contributed by atoms with E-state index in [4.69, 9.17) is 0 Å². The molecule has 2 N–H and O–H groups in total. The number of hydrogen-bond donors (Lipinski definition) is 2. The molecule has 0 aromatic carbocycles. The summed E-state index contributed by atoms with van der Waals surface area (Å²) < 4.78 is 26.2. The third kappa shape index (κ3) is 4.40. The molecule has 1 rings (SSSR count). The van der Waals surface area contributed by atoms with Crippen molar-refractivity contribution in [3.05, 3.63) is 12.0 Å². The number of aryl methyl sites for hydroxylation is 1. The third-order valence-electron chi connectivity index (χ3n) is 2.83. The van der Waals surface area contributed by atoms with Crippen LogP contribution in [0, 0.1) is 6.92 Å². The number of H-pyrrole nitrogens is 1. The SMILES string of the molecule is Cc1ncc(S(=O)(=O)NCCCN(C)C(C)C)[nH]1. The van der Waals surface area contributed by atoms with E-state index >= 15 is 0 Å². The Kier molecular flexibility index (Phi) is 5.30. The van der Waals surface area contributed by atoms with Crippen LogP contribution in [0.15, 0.2) is 11.2 Å². The van der Waals surface area contributed by atoms with Gasteiger partial charge in [-0.3, -0.25) is 0 Å². The Morgan fingerprint density at radius 2 is 2.17 bits per heavy atom. The molecule has 7 heteroatoms. The lowest BCUT2D eigenvalue weighted by molar-refractivity contribution is 0.271. The Labute approximate surface area is 109 Å². The zero-order valence-corrected chi connectivity index (χ0v) is 12.2. The van der Waals surface area contributed by atoms with Gasteiger partial charge in [0.1, 0.15) is 5.82 Å². The molecule has 18 heavy (non-hydrogen) atoms. The van der Waals surface area contributed by atoms with E-state index < -0.39 is 10.0 Å². The summed E-state index contributed by atoms with van der Waals surface area (Å²) in [5, 5.41) is 0.122. The first-order valence-corrected chi connectivity index (χ1v) is 7.53. The molecule has 1 aromatic heterocycles. The van der Waals surface area contributed by atoms with E-state index in [0.717, 1.165) is 13.0 Å². The summed E-state index contributed by atoms with van der Waals surface area (Å²) in [4.78, 5) is 8.77. The molecule has 1 aromatic rings. The molecule has 0 amide bonds. The lowest BCUT2D eigenvalue weighted by Crippen LogP contribution is -2.31. The molecule has 0 spiro atoms. The second-order valence-corrected chi connectivity index (χ2v) is 6.39. The summed E-state index contributed by atoms with van der Waals surface area (Å²) in [7, 11) is -1.42. The fourth-order valence-corrected chi connectivity index (χ4v) is 2.45. The van der Waals surface area contributed by atoms with Crippen LogP contribution in [0.4, 0.5) is 0 Å². The van der Waals surface area contributed by atoms with Crippen LogP contribution in [0.1, 0.15) is 26.1 Å². The molecule has 0 unspecified atom stereocenters. The highest BCUT2D eigenvalue weighted by atomic mass is 32.2. The number of aromatic nitrogens is 2. The van der Waals surface area contributed by atoms with Gasteiger partial charge in [-0.05, 0) is 40.8 Å². The van der Waals surface area contributed by atoms with E-state index in [-0.39, 0.29) is 5.03 Å². The van der Waals surface area contributed by atoms with Crippen molar-refractivity contribution in [2.75, 3.05) is 20.1 Å². The lowest BCUT2D eigenvalue weighted by Gasteiger charge is -2.20. The number of nitrogens with one attached hydrogen (secondary N) is 2. The Hall–Kier alpha value is -0.920. The molecular formula is C11H22N4O2S. The molecule has 0 aliphatic rings. The molecule has 0 fully saturated rings. The predicted octanol–water partition coefficient (Wildman–Crippen LogP) is 0.727. The average molecular weight is 274 g/mol. The summed E-state index contributed by atoms with van der Waals surface area (Å²) >= 11 is 0. The largest absolute Gasteiger partial charge is 0.332 e. The minimum absolute atomic E-state index is 0.122. The van der Waals surface area contributed by atoms with Crippen LogP contribution < -0.4 is 4.72 Å². The maximum absolute atomic E-state index is 11.8. The Morgan fingerprint density at radius 1 is 1.50 bits per heavy atom. The molecule has 0 saturated heterocycles. The highest BCUT2D eigenvalue weighted by Crippen LogP contribution is 2.04. The lowest BCUT2D eigenvalue weighted by atomic mass is 10.3. The topological polar surface area (TPSA) is 78.1 Å². The highest BCUT2D eigenvalue weighted by molar-refractivity contribution is 7.89. The zero-order valence-electron chi connectivity index (χ0n) is 11.4. The second kappa shape index (κ2) is 6.31. The number of hydrogen-bond acceptors (Lipinski definition) is 4. The van der Waals surface area contributed by atoms with Crippen LogP contribution in [0.2, 0.25) is 0 Å². The number of aromatic amines is 1. The zero-order chi connectivity index (χ0) is 13.8. The molecule has 0 radical (unpaired) electrons. The minimum atomic E-state index is -3.44. The molecule has 0 bridgehead atoms. The molecule has 0 saturated carbocycles. The van der Waals surface area contributed by atoms with Gasteiger partial charge in [0, 0.05) is 12.6 Å². The van der Waals surface area contributed by atoms with Crippen molar-refractivity contribution in [3.63, 3.8) is 0 Å². The summed E-state index contributed by atoms with van der Waals surface area (Å²) in [5.41, 5.74) is 0. The van der Waals surface area contributed by atoms with Crippen molar-refractivity contribution < 1.29 is 8.42 Å². The van der Waals surface area contributed by atoms with Gasteiger partial charge in [-0.2, -0.15) is 0 Å². The van der Waals surface area contributed by atoms with Crippen LogP contribution in [-0.4, -0.2) is 49.5 Å². The fourth-order valence-electron chi connectivity index (χ4n) is 1.41. The maximum atomic E-state index is 11.8. The molecule has 0 aliphatic carbocycles. The quantitative estimate of drug-likeness (QED) is 0.718. The molecule has 104 valence electrons. The maximum Gasteiger partial charge on any atom is 0.257 e. The van der Waals surface area contributed by atoms with Gasteiger partial charge in [0.25, 0.3) is 10.0 Å². The number of nitrogens with zero attached hydrogens (tertiary/aromatic N) is 2. The molecule has 0 aliphatic heterocycles. The van der Waals surface area contributed by atoms with E-state index in [0.29, 0.717) is 18.4 Å². The van der Waals surface area contributed by atoms with Gasteiger partial charge in [0.2, 0.25) is 0 Å². The van der Waals surface area contributed by atoms with Gasteiger partial charge in [-0.15, -0.1) is 0 Å². The average Bonchev–Trinajstić information content (AvgIpc) is 2.71. The van der Waals surface area contributed by atoms with Crippen molar-refractivity contribution in [2.45, 2.75) is 38.3 Å². The predicted molar refractivity (Wildman–Crippen MR) is 70.9 cm³/mol. The summed E-state index contributed by atoms with van der Waals surface area (Å²) in [6, 6.07) is 0.469. The standard InChI is InChI=1S/C11H22N4O2S/c1-9(2)15(4)7-5-6-13-18(16,17)11-8-12-10(3)14-11/h8-9,13H,5-7H2,1-4H3,(H,12,14). The van der Waals surface area contributed by atoms with E-state index in [1.54, 1.807) is 6.92 Å². The molecule has 1 heterocycles. The summed E-state index contributed by atoms with van der Waals surface area (Å²) in [6.07, 6.45) is 2.11. The Bertz CT molecular complexity index is 467. The van der Waals surface area contributed by atoms with Gasteiger partial charge in [0.15, 0.2) is 5.03 Å². The van der Waals surface area contributed by atoms with Crippen LogP contribution in [-0.2, 0) is 10.0 Å². The third-order valence-corrected chi connectivity index (χ3v) is 4.20. The Morgan fingerprint density at radius 3 is 2.67 bits per heavy atom. The number of imidazole rings is 1. The normalized spacial score (nSPS) is 12.6. The highest BCUT2D eigenvalue weighted by Gasteiger charge is 2.15. The van der Waals surface area contributed by atoms with Gasteiger partial charge >= 0.3 is 0 Å². The first-order chi connectivity index (χ1) is 8.33. The Balaban J connectivity index is 2.39. The van der Waals surface area contributed by atoms with Crippen LogP contribution in [0.5, 0.6) is 0 Å². The smallest absolute Gasteiger partial charge is 0.257 e. The van der Waals surface area contributed by atoms with Crippen molar-refractivity contribution >= 4 is 10.0 Å². The fraction of sp³-hybridized carbons (Fsp3) is 0.727. The van der Waals surface area contributed by atoms with Gasteiger partial charge in [-0.25, -0.2) is 18.1 Å². The van der Waals surface area contributed by atoms with E-state index in [1.807, 2.05) is 7.05 Å². The first kappa shape index (κ1) is 15.1. The first-order valence-electron chi connectivity index (χ1n) is 6.04. The minimum Gasteiger partial charge on any atom is -0.332 e. The summed E-state index contributed by atoms with van der Waals surface area (Å²) in [5.74, 6) is 0.593. The summed E-state index contributed by atoms with van der Waals surface area (Å²) in [6.45, 7) is 7.23. The monoisotopic (exact) mass is 274 g/mol. The van der Waals surface area contributed by atoms with Crippen molar-refractivity contribution in [1.82, 2.24) is 19.6 Å². The van der Waals surface area contributed by atoms with Crippen LogP contribution in [0.25, 0.3) is 0 Å². The number of sulfonamides is 1. The van der Waals surface area contributed by atoms with Crippen molar-refractivity contribution in [3.8, 4) is 0 Å². The van der Waals surface area contributed by atoms with Gasteiger partial charge < -0.3 is 9.88 Å².